The van der Waals surface area contributed by atoms with Crippen LogP contribution in [0.2, 0.25) is 5.02 Å². The van der Waals surface area contributed by atoms with Crippen LogP contribution in [0, 0.1) is 0 Å². The molecule has 0 bridgehead atoms. The summed E-state index contributed by atoms with van der Waals surface area (Å²) in [6.07, 6.45) is 1.43. The Hall–Kier alpha value is -3.14. The molecule has 168 valence electrons. The van der Waals surface area contributed by atoms with Crippen LogP contribution in [-0.2, 0) is 13.0 Å². The van der Waals surface area contributed by atoms with Gasteiger partial charge in [0.25, 0.3) is 11.5 Å². The van der Waals surface area contributed by atoms with Crippen LogP contribution in [0.5, 0.6) is 0 Å². The third kappa shape index (κ3) is 3.90. The number of aliphatic hydroxyl groups is 2. The first-order valence-electron chi connectivity index (χ1n) is 10.3. The quantitative estimate of drug-likeness (QED) is 0.416. The monoisotopic (exact) mass is 458 g/mol. The van der Waals surface area contributed by atoms with Gasteiger partial charge >= 0.3 is 5.69 Å². The summed E-state index contributed by atoms with van der Waals surface area (Å²) in [7, 11) is 0. The smallest absolute Gasteiger partial charge is 0.336 e. The van der Waals surface area contributed by atoms with Crippen LogP contribution in [0.25, 0.3) is 16.6 Å². The minimum atomic E-state index is -0.508. The van der Waals surface area contributed by atoms with Crippen molar-refractivity contribution in [1.82, 2.24) is 14.5 Å². The third-order valence-corrected chi connectivity index (χ3v) is 5.66. The second-order valence-electron chi connectivity index (χ2n) is 7.49. The normalized spacial score (nSPS) is 12.7. The molecule has 0 saturated carbocycles. The molecule has 0 saturated heterocycles. The Morgan fingerprint density at radius 2 is 1.88 bits per heavy atom. The minimum absolute atomic E-state index is 0.0329. The Labute approximate surface area is 187 Å². The summed E-state index contributed by atoms with van der Waals surface area (Å²) in [5.41, 5.74) is 1.63. The lowest BCUT2D eigenvalue weighted by molar-refractivity contribution is 0.0944. The molecule has 0 unspecified atom stereocenters. The fraction of sp³-hybridized carbons (Fsp3) is 0.318. The van der Waals surface area contributed by atoms with Crippen molar-refractivity contribution in [2.45, 2.75) is 19.4 Å². The summed E-state index contributed by atoms with van der Waals surface area (Å²) in [5, 5.41) is 24.3. The lowest BCUT2D eigenvalue weighted by atomic mass is 9.99. The number of halogens is 1. The maximum Gasteiger partial charge on any atom is 0.336 e. The van der Waals surface area contributed by atoms with Gasteiger partial charge in [0.15, 0.2) is 0 Å². The number of hydrogen-bond acceptors (Lipinski definition) is 6. The van der Waals surface area contributed by atoms with Gasteiger partial charge in [0.05, 0.1) is 29.8 Å². The number of nitrogens with zero attached hydrogens (tertiary/aromatic N) is 2. The van der Waals surface area contributed by atoms with Gasteiger partial charge in [-0.3, -0.25) is 14.2 Å². The third-order valence-electron chi connectivity index (χ3n) is 5.44. The van der Waals surface area contributed by atoms with E-state index in [0.717, 1.165) is 22.2 Å². The number of nitrogens with one attached hydrogen (secondary N) is 2. The molecular formula is C22H23ClN4O5. The SMILES string of the molecule is O=C(NCCO)c1cc(Cl)cc(-n2c(=O)c3ccc(NCCO)c4c3n(c2=O)CCC4)c1. The number of anilines is 1. The molecule has 1 aliphatic heterocycles. The molecular weight excluding hydrogens is 436 g/mol. The average molecular weight is 459 g/mol. The van der Waals surface area contributed by atoms with Crippen LogP contribution in [-0.4, -0.2) is 51.6 Å². The molecule has 0 radical (unpaired) electrons. The highest BCUT2D eigenvalue weighted by Gasteiger charge is 2.22. The first-order valence-corrected chi connectivity index (χ1v) is 10.7. The van der Waals surface area contributed by atoms with Crippen molar-refractivity contribution in [3.63, 3.8) is 0 Å². The van der Waals surface area contributed by atoms with E-state index in [1.165, 1.54) is 18.2 Å². The van der Waals surface area contributed by atoms with Gasteiger partial charge in [-0.05, 0) is 48.7 Å². The van der Waals surface area contributed by atoms with E-state index in [1.807, 2.05) is 0 Å². The number of aliphatic hydroxyl groups excluding tert-OH is 2. The van der Waals surface area contributed by atoms with E-state index in [-0.39, 0.29) is 36.0 Å². The Morgan fingerprint density at radius 3 is 2.62 bits per heavy atom. The number of carbonyl (C=O) groups excluding carboxylic acids is 1. The fourth-order valence-electron chi connectivity index (χ4n) is 4.11. The number of aromatic nitrogens is 2. The summed E-state index contributed by atoms with van der Waals surface area (Å²) < 4.78 is 2.61. The predicted molar refractivity (Wildman–Crippen MR) is 122 cm³/mol. The van der Waals surface area contributed by atoms with E-state index in [0.29, 0.717) is 30.4 Å². The summed E-state index contributed by atoms with van der Waals surface area (Å²) in [6.45, 7) is 0.638. The maximum atomic E-state index is 13.4. The van der Waals surface area contributed by atoms with Crippen molar-refractivity contribution in [2.75, 3.05) is 31.6 Å². The molecule has 10 heteroatoms. The highest BCUT2D eigenvalue weighted by molar-refractivity contribution is 6.31. The predicted octanol–water partition coefficient (Wildman–Crippen LogP) is 0.878. The van der Waals surface area contributed by atoms with Crippen LogP contribution < -0.4 is 21.9 Å². The number of rotatable bonds is 7. The minimum Gasteiger partial charge on any atom is -0.395 e. The van der Waals surface area contributed by atoms with Gasteiger partial charge in [0.2, 0.25) is 0 Å². The molecule has 1 amide bonds. The van der Waals surface area contributed by atoms with Gasteiger partial charge in [-0.1, -0.05) is 11.6 Å². The zero-order valence-electron chi connectivity index (χ0n) is 17.2. The van der Waals surface area contributed by atoms with Gasteiger partial charge in [-0.25, -0.2) is 9.36 Å². The molecule has 2 heterocycles. The molecule has 2 aromatic carbocycles. The average Bonchev–Trinajstić information content (AvgIpc) is 2.79. The van der Waals surface area contributed by atoms with Crippen molar-refractivity contribution in [3.05, 3.63) is 67.3 Å². The van der Waals surface area contributed by atoms with E-state index < -0.39 is 17.2 Å². The number of carbonyl (C=O) groups is 1. The Morgan fingerprint density at radius 1 is 1.09 bits per heavy atom. The molecule has 3 aromatic rings. The van der Waals surface area contributed by atoms with Gasteiger partial charge in [0.1, 0.15) is 0 Å². The Balaban J connectivity index is 1.93. The van der Waals surface area contributed by atoms with Crippen LogP contribution in [0.3, 0.4) is 0 Å². The van der Waals surface area contributed by atoms with Gasteiger partial charge < -0.3 is 20.8 Å². The lowest BCUT2D eigenvalue weighted by Gasteiger charge is -2.23. The van der Waals surface area contributed by atoms with E-state index in [1.54, 1.807) is 16.7 Å². The van der Waals surface area contributed by atoms with Crippen molar-refractivity contribution >= 4 is 34.1 Å². The number of hydrogen-bond donors (Lipinski definition) is 4. The first-order chi connectivity index (χ1) is 15.5. The van der Waals surface area contributed by atoms with E-state index in [2.05, 4.69) is 10.6 Å². The zero-order chi connectivity index (χ0) is 22.8. The summed E-state index contributed by atoms with van der Waals surface area (Å²) >= 11 is 6.20. The molecule has 0 spiro atoms. The summed E-state index contributed by atoms with van der Waals surface area (Å²) in [5.74, 6) is -0.472. The zero-order valence-corrected chi connectivity index (χ0v) is 18.0. The molecule has 0 fully saturated rings. The summed E-state index contributed by atoms with van der Waals surface area (Å²) in [6, 6.07) is 7.78. The number of amides is 1. The second kappa shape index (κ2) is 9.15. The Bertz CT molecular complexity index is 1310. The fourth-order valence-corrected chi connectivity index (χ4v) is 4.33. The van der Waals surface area contributed by atoms with Gasteiger partial charge in [0, 0.05) is 35.9 Å². The molecule has 0 atom stereocenters. The van der Waals surface area contributed by atoms with E-state index >= 15 is 0 Å². The van der Waals surface area contributed by atoms with Crippen LogP contribution in [0.15, 0.2) is 39.9 Å². The van der Waals surface area contributed by atoms with Crippen molar-refractivity contribution in [2.24, 2.45) is 0 Å². The molecule has 1 aromatic heterocycles. The van der Waals surface area contributed by atoms with Crippen LogP contribution in [0.1, 0.15) is 22.3 Å². The second-order valence-corrected chi connectivity index (χ2v) is 7.93. The maximum absolute atomic E-state index is 13.4. The van der Waals surface area contributed by atoms with E-state index in [9.17, 15) is 14.4 Å². The van der Waals surface area contributed by atoms with Crippen molar-refractivity contribution in [1.29, 1.82) is 0 Å². The summed E-state index contributed by atoms with van der Waals surface area (Å²) in [4.78, 5) is 39.1. The molecule has 1 aliphatic rings. The molecule has 9 nitrogen and oxygen atoms in total. The number of benzene rings is 2. The van der Waals surface area contributed by atoms with Crippen LogP contribution >= 0.6 is 11.6 Å². The molecule has 32 heavy (non-hydrogen) atoms. The largest absolute Gasteiger partial charge is 0.395 e. The van der Waals surface area contributed by atoms with Crippen molar-refractivity contribution in [3.8, 4) is 5.69 Å². The van der Waals surface area contributed by atoms with E-state index in [4.69, 9.17) is 21.8 Å². The highest BCUT2D eigenvalue weighted by atomic mass is 35.5. The topological polar surface area (TPSA) is 126 Å². The standard InChI is InChI=1S/C22H23ClN4O5/c23-14-10-13(20(30)25-6-9-29)11-15(12-14)27-21(31)17-3-4-18(24-5-8-28)16-2-1-7-26(19(16)17)22(27)32/h3-4,10-12,24,28-29H,1-2,5-9H2,(H,25,30). The van der Waals surface area contributed by atoms with Gasteiger partial charge in [-0.15, -0.1) is 0 Å². The number of aryl methyl sites for hydroxylation is 2. The Kier molecular flexibility index (Phi) is 6.31. The van der Waals surface area contributed by atoms with Crippen LogP contribution in [0.4, 0.5) is 5.69 Å². The molecule has 4 rings (SSSR count). The molecule has 4 N–H and O–H groups in total. The first kappa shape index (κ1) is 22.1. The molecule has 0 aliphatic carbocycles. The van der Waals surface area contributed by atoms with Gasteiger partial charge in [-0.2, -0.15) is 0 Å². The highest BCUT2D eigenvalue weighted by Crippen LogP contribution is 2.29. The van der Waals surface area contributed by atoms with Crippen molar-refractivity contribution < 1.29 is 15.0 Å². The lowest BCUT2D eigenvalue weighted by Crippen LogP contribution is -2.40.